The lowest BCUT2D eigenvalue weighted by atomic mass is 9.99. The first-order chi connectivity index (χ1) is 18.3. The Hall–Kier alpha value is -4.57. The Morgan fingerprint density at radius 2 is 1.54 bits per heavy atom. The predicted octanol–water partition coefficient (Wildman–Crippen LogP) is 0.113. The van der Waals surface area contributed by atoms with Gasteiger partial charge in [0.1, 0.15) is 54.3 Å². The Morgan fingerprint density at radius 1 is 0.872 bits per heavy atom. The molecule has 5 atom stereocenters. The van der Waals surface area contributed by atoms with E-state index in [1.54, 1.807) is 0 Å². The second-order valence-corrected chi connectivity index (χ2v) is 8.57. The molecule has 2 aromatic carbocycles. The summed E-state index contributed by atoms with van der Waals surface area (Å²) in [7, 11) is 0. The van der Waals surface area contributed by atoms with Crippen molar-refractivity contribution < 1.29 is 74.2 Å². The Morgan fingerprint density at radius 3 is 2.18 bits per heavy atom. The molecule has 1 fully saturated rings. The third-order valence-corrected chi connectivity index (χ3v) is 5.76. The molecule has 0 bridgehead atoms. The molecule has 0 aliphatic carbocycles. The van der Waals surface area contributed by atoms with Crippen molar-refractivity contribution in [1.82, 2.24) is 0 Å². The zero-order valence-electron chi connectivity index (χ0n) is 19.7. The lowest BCUT2D eigenvalue weighted by Gasteiger charge is -2.39. The largest absolute Gasteiger partial charge is 0.507 e. The number of aliphatic hydroxyl groups is 3. The summed E-state index contributed by atoms with van der Waals surface area (Å²) < 4.78 is 21.7. The Bertz CT molecular complexity index is 1400. The molecule has 2 heterocycles. The van der Waals surface area contributed by atoms with E-state index in [2.05, 4.69) is 0 Å². The summed E-state index contributed by atoms with van der Waals surface area (Å²) in [5, 5.41) is 89.6. The maximum absolute atomic E-state index is 11.6. The first kappa shape index (κ1) is 27.5. The molecule has 0 radical (unpaired) electrons. The topological polar surface area (TPSA) is 255 Å². The number of hydrogen-bond acceptors (Lipinski definition) is 13. The first-order valence-electron chi connectivity index (χ1n) is 11.2. The maximum Gasteiger partial charge on any atom is 0.402 e. The third kappa shape index (κ3) is 5.65. The van der Waals surface area contributed by atoms with Crippen LogP contribution in [0.1, 0.15) is 6.42 Å². The van der Waals surface area contributed by atoms with E-state index in [0.29, 0.717) is 0 Å². The molecule has 208 valence electrons. The number of phenols is 5. The van der Waals surface area contributed by atoms with Gasteiger partial charge in [-0.2, -0.15) is 0 Å². The number of aliphatic hydroxyl groups excluding tert-OH is 3. The van der Waals surface area contributed by atoms with Gasteiger partial charge in [-0.05, 0) is 0 Å². The molecule has 1 aliphatic rings. The highest BCUT2D eigenvalue weighted by molar-refractivity contribution is 5.90. The summed E-state index contributed by atoms with van der Waals surface area (Å²) in [6.45, 7) is -0.717. The van der Waals surface area contributed by atoms with Crippen molar-refractivity contribution in [3.8, 4) is 45.8 Å². The molecule has 1 aromatic heterocycles. The van der Waals surface area contributed by atoms with Gasteiger partial charge in [0.2, 0.25) is 12.0 Å². The fourth-order valence-electron chi connectivity index (χ4n) is 3.83. The van der Waals surface area contributed by atoms with Crippen molar-refractivity contribution in [2.45, 2.75) is 37.1 Å². The third-order valence-electron chi connectivity index (χ3n) is 5.76. The summed E-state index contributed by atoms with van der Waals surface area (Å²) in [6.07, 6.45) is -9.81. The number of hydrogen-bond donors (Lipinski definition) is 9. The number of phenolic OH excluding ortho intramolecular Hbond substituents is 5. The summed E-state index contributed by atoms with van der Waals surface area (Å²) in [5.74, 6) is -6.37. The zero-order chi connectivity index (χ0) is 28.6. The number of carbonyl (C=O) groups excluding carboxylic acids is 1. The number of benzene rings is 2. The normalized spacial score (nSPS) is 22.9. The number of aliphatic carboxylic acids is 1. The lowest BCUT2D eigenvalue weighted by Crippen LogP contribution is -2.60. The van der Waals surface area contributed by atoms with Crippen molar-refractivity contribution in [1.29, 1.82) is 0 Å². The van der Waals surface area contributed by atoms with Crippen LogP contribution in [0.2, 0.25) is 0 Å². The van der Waals surface area contributed by atoms with Crippen molar-refractivity contribution in [2.24, 2.45) is 0 Å². The Labute approximate surface area is 217 Å². The van der Waals surface area contributed by atoms with Gasteiger partial charge < -0.3 is 60.2 Å². The molecule has 9 N–H and O–H groups in total. The van der Waals surface area contributed by atoms with E-state index < -0.39 is 78.7 Å². The number of rotatable bonds is 7. The van der Waals surface area contributed by atoms with Crippen LogP contribution in [0.15, 0.2) is 34.7 Å². The highest BCUT2D eigenvalue weighted by atomic mass is 16.7. The SMILES string of the molecule is O=C(O)CC(=O)OCC1O[C@@H](Oc2cc3c(O)cc(O)cc3[o+]c2-c2cc(O)c(O)c(O)c2)C(O)C(O)[C@@H]1O. The number of carbonyl (C=O) groups is 2. The molecule has 3 unspecified atom stereocenters. The van der Waals surface area contributed by atoms with E-state index >= 15 is 0 Å². The minimum atomic E-state index is -1.90. The molecule has 0 spiro atoms. The van der Waals surface area contributed by atoms with E-state index in [1.165, 1.54) is 6.07 Å². The number of aromatic hydroxyl groups is 5. The molecule has 0 saturated carbocycles. The van der Waals surface area contributed by atoms with Gasteiger partial charge in [0.15, 0.2) is 17.2 Å². The average molecular weight is 551 g/mol. The van der Waals surface area contributed by atoms with E-state index in [0.717, 1.165) is 24.3 Å². The average Bonchev–Trinajstić information content (AvgIpc) is 2.86. The van der Waals surface area contributed by atoms with Gasteiger partial charge in [-0.3, -0.25) is 9.59 Å². The standard InChI is InChI=1S/C24H22O15/c25-9-3-11(26)10-5-15(23(37-14(10)4-9)8-1-12(27)19(32)13(28)2-8)38-24-22(35)21(34)20(33)16(39-24)7-36-18(31)6-17(29)30/h1-5,16,20-22,24,33-35H,6-7H2,(H5-,25,26,27,28,29,30,32)/p+1/t16?,20-,21?,22?,24-/m1/s1. The van der Waals surface area contributed by atoms with Crippen LogP contribution in [0, 0.1) is 0 Å². The van der Waals surface area contributed by atoms with Crippen molar-refractivity contribution in [3.63, 3.8) is 0 Å². The molecule has 3 aromatic rings. The summed E-state index contributed by atoms with van der Waals surface area (Å²) in [6, 6.07) is 5.27. The number of carboxylic acids is 1. The lowest BCUT2D eigenvalue weighted by molar-refractivity contribution is -0.278. The van der Waals surface area contributed by atoms with Crippen LogP contribution in [0.25, 0.3) is 22.3 Å². The second-order valence-electron chi connectivity index (χ2n) is 8.57. The second kappa shape index (κ2) is 10.7. The van der Waals surface area contributed by atoms with E-state index in [9.17, 15) is 50.4 Å². The quantitative estimate of drug-likeness (QED) is 0.0817. The van der Waals surface area contributed by atoms with Gasteiger partial charge in [-0.1, -0.05) is 0 Å². The van der Waals surface area contributed by atoms with E-state index in [-0.39, 0.29) is 33.8 Å². The summed E-state index contributed by atoms with van der Waals surface area (Å²) in [4.78, 5) is 22.2. The molecular formula is C24H23O15+. The molecule has 1 saturated heterocycles. The fraction of sp³-hybridized carbons (Fsp3) is 0.292. The number of esters is 1. The minimum absolute atomic E-state index is 0.0104. The van der Waals surface area contributed by atoms with Crippen molar-refractivity contribution in [3.05, 3.63) is 30.3 Å². The maximum atomic E-state index is 11.6. The van der Waals surface area contributed by atoms with E-state index in [4.69, 9.17) is 23.7 Å². The first-order valence-corrected chi connectivity index (χ1v) is 11.2. The number of ether oxygens (including phenoxy) is 3. The van der Waals surface area contributed by atoms with Gasteiger partial charge in [0.25, 0.3) is 0 Å². The Kier molecular flexibility index (Phi) is 7.51. The van der Waals surface area contributed by atoms with Gasteiger partial charge in [-0.25, -0.2) is 4.42 Å². The highest BCUT2D eigenvalue weighted by Gasteiger charge is 2.46. The number of fused-ring (bicyclic) bond motifs is 1. The molecule has 0 amide bonds. The van der Waals surface area contributed by atoms with Gasteiger partial charge in [0.05, 0.1) is 11.6 Å². The van der Waals surface area contributed by atoms with Crippen LogP contribution in [0.4, 0.5) is 0 Å². The van der Waals surface area contributed by atoms with Crippen molar-refractivity contribution >= 4 is 22.9 Å². The van der Waals surface area contributed by atoms with Gasteiger partial charge >= 0.3 is 23.3 Å². The van der Waals surface area contributed by atoms with Crippen LogP contribution in [-0.2, 0) is 19.1 Å². The molecule has 15 nitrogen and oxygen atoms in total. The van der Waals surface area contributed by atoms with Crippen molar-refractivity contribution in [2.75, 3.05) is 6.61 Å². The molecule has 39 heavy (non-hydrogen) atoms. The van der Waals surface area contributed by atoms with Gasteiger partial charge in [-0.15, -0.1) is 0 Å². The molecule has 15 heteroatoms. The smallest absolute Gasteiger partial charge is 0.402 e. The number of carboxylic acid groups (broad SMARTS) is 1. The minimum Gasteiger partial charge on any atom is -0.507 e. The molecule has 1 aliphatic heterocycles. The molecular weight excluding hydrogens is 528 g/mol. The zero-order valence-corrected chi connectivity index (χ0v) is 19.7. The fourth-order valence-corrected chi connectivity index (χ4v) is 3.83. The van der Waals surface area contributed by atoms with Crippen LogP contribution < -0.4 is 4.74 Å². The van der Waals surface area contributed by atoms with Crippen LogP contribution in [0.3, 0.4) is 0 Å². The highest BCUT2D eigenvalue weighted by Crippen LogP contribution is 2.44. The van der Waals surface area contributed by atoms with Crippen LogP contribution in [0.5, 0.6) is 34.5 Å². The van der Waals surface area contributed by atoms with E-state index in [1.807, 2.05) is 0 Å². The summed E-state index contributed by atoms with van der Waals surface area (Å²) >= 11 is 0. The van der Waals surface area contributed by atoms with Crippen LogP contribution >= 0.6 is 0 Å². The summed E-state index contributed by atoms with van der Waals surface area (Å²) in [5.41, 5.74) is -0.182. The van der Waals surface area contributed by atoms with Crippen LogP contribution in [-0.4, -0.2) is 95.2 Å². The molecule has 4 rings (SSSR count). The monoisotopic (exact) mass is 551 g/mol. The van der Waals surface area contributed by atoms with Gasteiger partial charge in [0, 0.05) is 24.3 Å². The Balaban J connectivity index is 1.72. The predicted molar refractivity (Wildman–Crippen MR) is 125 cm³/mol.